The van der Waals surface area contributed by atoms with Crippen LogP contribution in [-0.2, 0) is 4.74 Å². The predicted molar refractivity (Wildman–Crippen MR) is 64.4 cm³/mol. The van der Waals surface area contributed by atoms with E-state index in [4.69, 9.17) is 14.0 Å². The minimum absolute atomic E-state index is 0.151. The van der Waals surface area contributed by atoms with Gasteiger partial charge < -0.3 is 14.0 Å². The summed E-state index contributed by atoms with van der Waals surface area (Å²) in [6.07, 6.45) is 0. The molecule has 94 valence electrons. The Hall–Kier alpha value is -2.30. The summed E-state index contributed by atoms with van der Waals surface area (Å²) in [7, 11) is 1.57. The molecule has 0 fully saturated rings. The molecule has 2 rings (SSSR count). The van der Waals surface area contributed by atoms with Crippen molar-refractivity contribution in [3.05, 3.63) is 36.0 Å². The van der Waals surface area contributed by atoms with Crippen molar-refractivity contribution in [2.75, 3.05) is 13.7 Å². The zero-order valence-electron chi connectivity index (χ0n) is 10.2. The Morgan fingerprint density at radius 3 is 2.89 bits per heavy atom. The average molecular weight is 247 g/mol. The maximum Gasteiger partial charge on any atom is 0.360 e. The molecular formula is C13H13NO4. The van der Waals surface area contributed by atoms with Crippen LogP contribution in [0.25, 0.3) is 11.3 Å². The van der Waals surface area contributed by atoms with Gasteiger partial charge in [-0.3, -0.25) is 0 Å². The lowest BCUT2D eigenvalue weighted by molar-refractivity contribution is 0.0514. The van der Waals surface area contributed by atoms with Crippen LogP contribution in [0.15, 0.2) is 34.9 Å². The van der Waals surface area contributed by atoms with Crippen LogP contribution in [0.5, 0.6) is 5.75 Å². The Morgan fingerprint density at radius 2 is 2.17 bits per heavy atom. The van der Waals surface area contributed by atoms with Crippen LogP contribution in [-0.4, -0.2) is 24.8 Å². The van der Waals surface area contributed by atoms with Gasteiger partial charge in [-0.25, -0.2) is 4.79 Å². The second kappa shape index (κ2) is 5.35. The molecule has 0 atom stereocenters. The molecule has 0 N–H and O–H groups in total. The van der Waals surface area contributed by atoms with E-state index in [0.717, 1.165) is 5.56 Å². The molecule has 0 bridgehead atoms. The lowest BCUT2D eigenvalue weighted by atomic mass is 10.1. The number of nitrogens with zero attached hydrogens (tertiary/aromatic N) is 1. The Bertz CT molecular complexity index is 547. The van der Waals surface area contributed by atoms with Crippen molar-refractivity contribution in [3.63, 3.8) is 0 Å². The highest BCUT2D eigenvalue weighted by molar-refractivity contribution is 5.88. The summed E-state index contributed by atoms with van der Waals surface area (Å²) in [5, 5.41) is 3.68. The van der Waals surface area contributed by atoms with E-state index in [9.17, 15) is 4.79 Å². The lowest BCUT2D eigenvalue weighted by Gasteiger charge is -2.03. The van der Waals surface area contributed by atoms with E-state index in [1.54, 1.807) is 14.0 Å². The van der Waals surface area contributed by atoms with Gasteiger partial charge in [-0.05, 0) is 19.1 Å². The Kier molecular flexibility index (Phi) is 3.62. The van der Waals surface area contributed by atoms with Crippen LogP contribution >= 0.6 is 0 Å². The SMILES string of the molecule is CCOC(=O)c1cc(-c2ccccc2OC)on1. The second-order valence-corrected chi connectivity index (χ2v) is 3.50. The summed E-state index contributed by atoms with van der Waals surface area (Å²) in [5.41, 5.74) is 0.890. The Morgan fingerprint density at radius 1 is 1.39 bits per heavy atom. The van der Waals surface area contributed by atoms with Crippen LogP contribution in [0.1, 0.15) is 17.4 Å². The minimum Gasteiger partial charge on any atom is -0.496 e. The number of esters is 1. The first-order chi connectivity index (χ1) is 8.76. The first-order valence-corrected chi connectivity index (χ1v) is 5.53. The molecule has 0 radical (unpaired) electrons. The van der Waals surface area contributed by atoms with Crippen molar-refractivity contribution < 1.29 is 18.8 Å². The number of benzene rings is 1. The zero-order valence-corrected chi connectivity index (χ0v) is 10.2. The summed E-state index contributed by atoms with van der Waals surface area (Å²) in [5.74, 6) is 0.627. The van der Waals surface area contributed by atoms with E-state index in [1.807, 2.05) is 24.3 Å². The Labute approximate surface area is 104 Å². The molecule has 0 unspecified atom stereocenters. The molecule has 5 nitrogen and oxygen atoms in total. The van der Waals surface area contributed by atoms with E-state index >= 15 is 0 Å². The number of carbonyl (C=O) groups is 1. The van der Waals surface area contributed by atoms with Gasteiger partial charge in [-0.2, -0.15) is 0 Å². The molecule has 2 aromatic rings. The van der Waals surface area contributed by atoms with E-state index in [0.29, 0.717) is 18.1 Å². The first kappa shape index (κ1) is 12.2. The third-order valence-corrected chi connectivity index (χ3v) is 2.37. The number of hydrogen-bond acceptors (Lipinski definition) is 5. The van der Waals surface area contributed by atoms with Crippen molar-refractivity contribution in [1.29, 1.82) is 0 Å². The van der Waals surface area contributed by atoms with Gasteiger partial charge in [0.15, 0.2) is 11.5 Å². The summed E-state index contributed by atoms with van der Waals surface area (Å²) in [6, 6.07) is 8.88. The molecule has 1 heterocycles. The molecule has 0 amide bonds. The first-order valence-electron chi connectivity index (χ1n) is 5.53. The molecule has 5 heteroatoms. The van der Waals surface area contributed by atoms with E-state index in [-0.39, 0.29) is 5.69 Å². The maximum atomic E-state index is 11.5. The second-order valence-electron chi connectivity index (χ2n) is 3.50. The lowest BCUT2D eigenvalue weighted by Crippen LogP contribution is -2.04. The number of aromatic nitrogens is 1. The fourth-order valence-electron chi connectivity index (χ4n) is 1.55. The number of rotatable bonds is 4. The van der Waals surface area contributed by atoms with E-state index in [2.05, 4.69) is 5.16 Å². The molecule has 0 saturated carbocycles. The summed E-state index contributed by atoms with van der Waals surface area (Å²) in [4.78, 5) is 11.5. The monoisotopic (exact) mass is 247 g/mol. The average Bonchev–Trinajstić information content (AvgIpc) is 2.88. The zero-order chi connectivity index (χ0) is 13.0. The van der Waals surface area contributed by atoms with Crippen molar-refractivity contribution in [1.82, 2.24) is 5.16 Å². The fraction of sp³-hybridized carbons (Fsp3) is 0.231. The largest absolute Gasteiger partial charge is 0.496 e. The number of ether oxygens (including phenoxy) is 2. The van der Waals surface area contributed by atoms with Crippen LogP contribution in [0.2, 0.25) is 0 Å². The minimum atomic E-state index is -0.498. The van der Waals surface area contributed by atoms with Crippen molar-refractivity contribution in [2.24, 2.45) is 0 Å². The fourth-order valence-corrected chi connectivity index (χ4v) is 1.55. The Balaban J connectivity index is 2.32. The van der Waals surface area contributed by atoms with Gasteiger partial charge in [0.05, 0.1) is 19.3 Å². The predicted octanol–water partition coefficient (Wildman–Crippen LogP) is 2.53. The molecule has 0 spiro atoms. The van der Waals surface area contributed by atoms with Gasteiger partial charge in [-0.1, -0.05) is 17.3 Å². The van der Waals surface area contributed by atoms with Gasteiger partial charge >= 0.3 is 5.97 Å². The van der Waals surface area contributed by atoms with Crippen molar-refractivity contribution in [3.8, 4) is 17.1 Å². The molecule has 0 aliphatic heterocycles. The van der Waals surface area contributed by atoms with Crippen molar-refractivity contribution in [2.45, 2.75) is 6.92 Å². The molecule has 1 aromatic heterocycles. The molecule has 1 aromatic carbocycles. The normalized spacial score (nSPS) is 10.1. The number of carbonyl (C=O) groups excluding carboxylic acids is 1. The maximum absolute atomic E-state index is 11.5. The van der Waals surface area contributed by atoms with Crippen LogP contribution in [0.4, 0.5) is 0 Å². The molecule has 18 heavy (non-hydrogen) atoms. The topological polar surface area (TPSA) is 61.6 Å². The van der Waals surface area contributed by atoms with Gasteiger partial charge in [0.25, 0.3) is 0 Å². The highest BCUT2D eigenvalue weighted by Gasteiger charge is 2.16. The molecule has 0 aliphatic carbocycles. The molecule has 0 saturated heterocycles. The highest BCUT2D eigenvalue weighted by atomic mass is 16.5. The van der Waals surface area contributed by atoms with Gasteiger partial charge in [-0.15, -0.1) is 0 Å². The van der Waals surface area contributed by atoms with Gasteiger partial charge in [0.1, 0.15) is 5.75 Å². The molecular weight excluding hydrogens is 234 g/mol. The number of para-hydroxylation sites is 1. The summed E-state index contributed by atoms with van der Waals surface area (Å²) in [6.45, 7) is 2.04. The van der Waals surface area contributed by atoms with Crippen LogP contribution < -0.4 is 4.74 Å². The third-order valence-electron chi connectivity index (χ3n) is 2.37. The highest BCUT2D eigenvalue weighted by Crippen LogP contribution is 2.29. The number of methoxy groups -OCH3 is 1. The summed E-state index contributed by atoms with van der Waals surface area (Å²) >= 11 is 0. The van der Waals surface area contributed by atoms with Crippen LogP contribution in [0.3, 0.4) is 0 Å². The number of hydrogen-bond donors (Lipinski definition) is 0. The van der Waals surface area contributed by atoms with E-state index in [1.165, 1.54) is 6.07 Å². The third kappa shape index (κ3) is 2.34. The van der Waals surface area contributed by atoms with Gasteiger partial charge in [0.2, 0.25) is 0 Å². The summed E-state index contributed by atoms with van der Waals surface area (Å²) < 4.78 is 15.2. The quantitative estimate of drug-likeness (QED) is 0.777. The van der Waals surface area contributed by atoms with Crippen molar-refractivity contribution >= 4 is 5.97 Å². The molecule has 0 aliphatic rings. The standard InChI is InChI=1S/C13H13NO4/c1-3-17-13(15)10-8-12(18-14-10)9-6-4-5-7-11(9)16-2/h4-8H,3H2,1-2H3. The smallest absolute Gasteiger partial charge is 0.360 e. The van der Waals surface area contributed by atoms with Crippen LogP contribution in [0, 0.1) is 0 Å². The van der Waals surface area contributed by atoms with Gasteiger partial charge in [0, 0.05) is 6.07 Å². The van der Waals surface area contributed by atoms with E-state index < -0.39 is 5.97 Å².